The number of likely N-dealkylation sites (tertiary alicyclic amines) is 6. The third-order valence-electron chi connectivity index (χ3n) is 14.5. The molecule has 4 unspecified atom stereocenters. The lowest BCUT2D eigenvalue weighted by Crippen LogP contribution is -2.44. The molecule has 6 aliphatic heterocycles. The van der Waals surface area contributed by atoms with Gasteiger partial charge in [0.15, 0.2) is 0 Å². The van der Waals surface area contributed by atoms with Crippen molar-refractivity contribution < 1.29 is 0 Å². The summed E-state index contributed by atoms with van der Waals surface area (Å²) in [5.74, 6) is 1.82. The van der Waals surface area contributed by atoms with Crippen molar-refractivity contribution in [2.45, 2.75) is 226 Å². The van der Waals surface area contributed by atoms with Gasteiger partial charge in [0.2, 0.25) is 0 Å². The summed E-state index contributed by atoms with van der Waals surface area (Å²) in [6.07, 6.45) is 16.8. The predicted molar refractivity (Wildman–Crippen MR) is 275 cm³/mol. The fourth-order valence-electron chi connectivity index (χ4n) is 9.84. The van der Waals surface area contributed by atoms with E-state index in [9.17, 15) is 0 Å². The van der Waals surface area contributed by atoms with Crippen LogP contribution >= 0.6 is 0 Å². The van der Waals surface area contributed by atoms with Crippen LogP contribution in [0.5, 0.6) is 0 Å². The molecule has 0 saturated carbocycles. The van der Waals surface area contributed by atoms with E-state index < -0.39 is 0 Å². The summed E-state index contributed by atoms with van der Waals surface area (Å²) in [5, 5.41) is 0. The Balaban J connectivity index is 0. The summed E-state index contributed by atoms with van der Waals surface area (Å²) < 4.78 is 0. The highest BCUT2D eigenvalue weighted by Crippen LogP contribution is 2.34. The summed E-state index contributed by atoms with van der Waals surface area (Å²) in [5.41, 5.74) is 1.97. The van der Waals surface area contributed by atoms with E-state index in [1.54, 1.807) is 0 Å². The largest absolute Gasteiger partial charge is 0.306 e. The van der Waals surface area contributed by atoms with Crippen molar-refractivity contribution in [3.05, 3.63) is 0 Å². The molecule has 0 aromatic carbocycles. The van der Waals surface area contributed by atoms with E-state index in [0.29, 0.717) is 21.7 Å². The minimum atomic E-state index is 0.467. The highest BCUT2D eigenvalue weighted by molar-refractivity contribution is 4.87. The SMILES string of the molecule is CC.CC.CN1CCC(C(C)(C)C)C1.CN1CCCC(C(C)(C)C)C1.CN1CCCC1C(C)(C)C.CN1CCCCC1C(C)(C)C.C[C@@H]1CCCN1C.C[C@H]1CCCN1C. The Morgan fingerprint density at radius 1 is 0.317 bits per heavy atom. The quantitative estimate of drug-likeness (QED) is 0.240. The molecule has 0 N–H and O–H groups in total. The number of hydrogen-bond donors (Lipinski definition) is 0. The van der Waals surface area contributed by atoms with E-state index in [2.05, 4.69) is 169 Å². The number of nitrogens with zero attached hydrogens (tertiary/aromatic N) is 6. The van der Waals surface area contributed by atoms with Gasteiger partial charge in [0.1, 0.15) is 0 Å². The first-order valence-corrected chi connectivity index (χ1v) is 25.8. The van der Waals surface area contributed by atoms with E-state index in [0.717, 1.165) is 36.0 Å². The van der Waals surface area contributed by atoms with Crippen LogP contribution in [0.3, 0.4) is 0 Å². The molecule has 6 heteroatoms. The van der Waals surface area contributed by atoms with Crippen LogP contribution in [0.2, 0.25) is 0 Å². The summed E-state index contributed by atoms with van der Waals surface area (Å²) in [7, 11) is 13.3. The van der Waals surface area contributed by atoms with E-state index >= 15 is 0 Å². The molecule has 6 nitrogen and oxygen atoms in total. The maximum absolute atomic E-state index is 2.52. The molecule has 6 aliphatic rings. The molecule has 6 rings (SSSR count). The minimum Gasteiger partial charge on any atom is -0.306 e. The topological polar surface area (TPSA) is 19.4 Å². The second kappa shape index (κ2) is 30.8. The van der Waals surface area contributed by atoms with Crippen LogP contribution in [-0.2, 0) is 0 Å². The van der Waals surface area contributed by atoms with Crippen LogP contribution in [0.15, 0.2) is 0 Å². The Labute approximate surface area is 382 Å². The molecule has 6 saturated heterocycles. The smallest absolute Gasteiger partial charge is 0.0141 e. The molecule has 0 amide bonds. The molecule has 0 aliphatic carbocycles. The van der Waals surface area contributed by atoms with E-state index in [1.165, 1.54) is 129 Å². The van der Waals surface area contributed by atoms with Gasteiger partial charge in [-0.2, -0.15) is 0 Å². The fraction of sp³-hybridized carbons (Fsp3) is 1.00. The zero-order chi connectivity index (χ0) is 47.1. The highest BCUT2D eigenvalue weighted by Gasteiger charge is 2.32. The van der Waals surface area contributed by atoms with Crippen molar-refractivity contribution in [3.8, 4) is 0 Å². The predicted octanol–water partition coefficient (Wildman–Crippen LogP) is 13.3. The monoisotopic (exact) mass is 851 g/mol. The molecular formula is C54H118N6. The van der Waals surface area contributed by atoms with Crippen LogP contribution in [0.4, 0.5) is 0 Å². The van der Waals surface area contributed by atoms with Crippen molar-refractivity contribution in [2.75, 3.05) is 94.6 Å². The number of piperidine rings is 2. The number of hydrogen-bond acceptors (Lipinski definition) is 6. The Hall–Kier alpha value is -0.240. The standard InChI is InChI=1S/2C10H21N.2C9H19N.2C6H13N.2C2H6/c1-10(2,3)9-6-5-7-11(4)8-9;1-10(2,3)9-7-5-6-8-11(9)4;1-9(2,3)8-5-6-10(4)7-8;1-9(2,3)8-6-5-7-10(8)4;2*1-6-4-3-5-7(6)2;2*1-2/h2*9H,5-8H2,1-4H3;2*8H,5-7H2,1-4H3;2*6H,3-5H2,1-2H3;2*1-2H3/t;;;;2*6-;;/m....10../s1. The van der Waals surface area contributed by atoms with Crippen molar-refractivity contribution in [3.63, 3.8) is 0 Å². The van der Waals surface area contributed by atoms with E-state index in [1.807, 2.05) is 27.7 Å². The van der Waals surface area contributed by atoms with Gasteiger partial charge in [-0.3, -0.25) is 0 Å². The van der Waals surface area contributed by atoms with Crippen LogP contribution in [0, 0.1) is 33.5 Å². The first-order chi connectivity index (χ1) is 27.6. The zero-order valence-electron chi connectivity index (χ0n) is 46.3. The lowest BCUT2D eigenvalue weighted by Gasteiger charge is -2.41. The van der Waals surface area contributed by atoms with Gasteiger partial charge in [-0.1, -0.05) is 117 Å². The number of rotatable bonds is 0. The average Bonchev–Trinajstić information content (AvgIpc) is 3.97. The Morgan fingerprint density at radius 3 is 0.850 bits per heavy atom. The lowest BCUT2D eigenvalue weighted by atomic mass is 9.76. The van der Waals surface area contributed by atoms with Crippen molar-refractivity contribution in [2.24, 2.45) is 33.5 Å². The summed E-state index contributed by atoms with van der Waals surface area (Å²) >= 11 is 0. The Morgan fingerprint density at radius 2 is 0.633 bits per heavy atom. The molecule has 0 aromatic rings. The van der Waals surface area contributed by atoms with Gasteiger partial charge in [-0.15, -0.1) is 0 Å². The molecule has 60 heavy (non-hydrogen) atoms. The molecular weight excluding hydrogens is 733 g/mol. The van der Waals surface area contributed by atoms with Gasteiger partial charge < -0.3 is 29.4 Å². The summed E-state index contributed by atoms with van der Waals surface area (Å²) in [4.78, 5) is 14.7. The second-order valence-corrected chi connectivity index (χ2v) is 23.9. The van der Waals surface area contributed by atoms with Gasteiger partial charge in [0, 0.05) is 37.3 Å². The van der Waals surface area contributed by atoms with Crippen molar-refractivity contribution >= 4 is 0 Å². The highest BCUT2D eigenvalue weighted by atomic mass is 15.2. The van der Waals surface area contributed by atoms with Crippen LogP contribution < -0.4 is 0 Å². The van der Waals surface area contributed by atoms with E-state index in [-0.39, 0.29) is 0 Å². The lowest BCUT2D eigenvalue weighted by molar-refractivity contribution is 0.0883. The first-order valence-electron chi connectivity index (χ1n) is 25.8. The fourth-order valence-corrected chi connectivity index (χ4v) is 9.84. The molecule has 0 radical (unpaired) electrons. The van der Waals surface area contributed by atoms with Gasteiger partial charge >= 0.3 is 0 Å². The molecule has 6 heterocycles. The molecule has 364 valence electrons. The van der Waals surface area contributed by atoms with E-state index in [4.69, 9.17) is 0 Å². The minimum absolute atomic E-state index is 0.467. The van der Waals surface area contributed by atoms with Gasteiger partial charge in [0.25, 0.3) is 0 Å². The first kappa shape index (κ1) is 61.8. The maximum Gasteiger partial charge on any atom is 0.0141 e. The molecule has 0 bridgehead atoms. The van der Waals surface area contributed by atoms with Gasteiger partial charge in [0.05, 0.1) is 0 Å². The average molecular weight is 852 g/mol. The zero-order valence-corrected chi connectivity index (χ0v) is 46.3. The van der Waals surface area contributed by atoms with Gasteiger partial charge in [-0.25, -0.2) is 0 Å². The van der Waals surface area contributed by atoms with Crippen LogP contribution in [-0.4, -0.2) is 148 Å². The second-order valence-electron chi connectivity index (χ2n) is 23.9. The third kappa shape index (κ3) is 26.5. The molecule has 6 fully saturated rings. The maximum atomic E-state index is 2.52. The molecule has 6 atom stereocenters. The van der Waals surface area contributed by atoms with Gasteiger partial charge in [-0.05, 0) is 200 Å². The normalized spacial score (nSPS) is 28.6. The van der Waals surface area contributed by atoms with Crippen molar-refractivity contribution in [1.29, 1.82) is 0 Å². The molecule has 0 spiro atoms. The van der Waals surface area contributed by atoms with Crippen molar-refractivity contribution in [1.82, 2.24) is 29.4 Å². The summed E-state index contributed by atoms with van der Waals surface area (Å²) in [6.45, 7) is 51.1. The molecule has 0 aromatic heterocycles. The van der Waals surface area contributed by atoms with Crippen LogP contribution in [0.1, 0.15) is 202 Å². The third-order valence-corrected chi connectivity index (χ3v) is 14.5. The van der Waals surface area contributed by atoms with Crippen LogP contribution in [0.25, 0.3) is 0 Å². The Bertz CT molecular complexity index is 968. The summed E-state index contributed by atoms with van der Waals surface area (Å²) in [6, 6.07) is 3.31. The Kier molecular flexibility index (Phi) is 31.8.